The Hall–Kier alpha value is -0.870. The topological polar surface area (TPSA) is 41.1 Å². The van der Waals surface area contributed by atoms with Gasteiger partial charge in [0, 0.05) is 16.6 Å². The van der Waals surface area contributed by atoms with Crippen LogP contribution < -0.4 is 10.6 Å². The molecule has 1 aromatic rings. The number of carbonyl (C=O) groups is 1. The van der Waals surface area contributed by atoms with E-state index in [0.717, 1.165) is 17.3 Å². The molecule has 17 heavy (non-hydrogen) atoms. The molecule has 2 N–H and O–H groups in total. The maximum absolute atomic E-state index is 11.5. The molecule has 1 saturated carbocycles. The number of hydrogen-bond donors (Lipinski definition) is 2. The fourth-order valence-electron chi connectivity index (χ4n) is 1.65. The molecule has 1 aliphatic carbocycles. The number of amides is 1. The van der Waals surface area contributed by atoms with E-state index in [9.17, 15) is 4.79 Å². The largest absolute Gasteiger partial charge is 0.352 e. The predicted octanol–water partition coefficient (Wildman–Crippen LogP) is 2.38. The standard InChI is InChI=1S/C13H17BrN2O/c1-9(10-3-2-4-11(14)7-10)15-8-13(17)16-12-5-6-12/h2-4,7,9,12,15H,5-6,8H2,1H3,(H,16,17)/t9-/m1/s1. The van der Waals surface area contributed by atoms with Crippen molar-refractivity contribution in [2.24, 2.45) is 0 Å². The van der Waals surface area contributed by atoms with E-state index in [0.29, 0.717) is 12.6 Å². The van der Waals surface area contributed by atoms with E-state index >= 15 is 0 Å². The highest BCUT2D eigenvalue weighted by Gasteiger charge is 2.23. The lowest BCUT2D eigenvalue weighted by molar-refractivity contribution is -0.120. The molecule has 1 amide bonds. The molecule has 0 heterocycles. The Kier molecular flexibility index (Phi) is 4.18. The van der Waals surface area contributed by atoms with Gasteiger partial charge in [0.2, 0.25) is 5.91 Å². The zero-order valence-corrected chi connectivity index (χ0v) is 11.5. The summed E-state index contributed by atoms with van der Waals surface area (Å²) in [7, 11) is 0. The lowest BCUT2D eigenvalue weighted by Crippen LogP contribution is -2.36. The van der Waals surface area contributed by atoms with Gasteiger partial charge in [-0.1, -0.05) is 28.1 Å². The maximum Gasteiger partial charge on any atom is 0.234 e. The average Bonchev–Trinajstić information content (AvgIpc) is 3.10. The van der Waals surface area contributed by atoms with Crippen molar-refractivity contribution in [2.45, 2.75) is 31.8 Å². The van der Waals surface area contributed by atoms with Crippen LogP contribution in [0.3, 0.4) is 0 Å². The summed E-state index contributed by atoms with van der Waals surface area (Å²) in [6, 6.07) is 8.73. The van der Waals surface area contributed by atoms with E-state index in [1.807, 2.05) is 12.1 Å². The first-order valence-electron chi connectivity index (χ1n) is 5.93. The normalized spacial score (nSPS) is 16.6. The second kappa shape index (κ2) is 5.65. The molecule has 0 unspecified atom stereocenters. The quantitative estimate of drug-likeness (QED) is 0.876. The zero-order valence-electron chi connectivity index (χ0n) is 9.87. The molecule has 2 rings (SSSR count). The van der Waals surface area contributed by atoms with Gasteiger partial charge in [0.15, 0.2) is 0 Å². The van der Waals surface area contributed by atoms with Gasteiger partial charge in [-0.3, -0.25) is 4.79 Å². The Bertz CT molecular complexity index is 404. The summed E-state index contributed by atoms with van der Waals surface area (Å²) < 4.78 is 1.06. The number of benzene rings is 1. The van der Waals surface area contributed by atoms with Gasteiger partial charge in [-0.2, -0.15) is 0 Å². The summed E-state index contributed by atoms with van der Waals surface area (Å²) in [4.78, 5) is 11.5. The highest BCUT2D eigenvalue weighted by molar-refractivity contribution is 9.10. The van der Waals surface area contributed by atoms with Crippen molar-refractivity contribution in [3.63, 3.8) is 0 Å². The zero-order chi connectivity index (χ0) is 12.3. The van der Waals surface area contributed by atoms with Gasteiger partial charge < -0.3 is 10.6 Å². The second-order valence-corrected chi connectivity index (χ2v) is 5.42. The molecule has 92 valence electrons. The van der Waals surface area contributed by atoms with E-state index < -0.39 is 0 Å². The number of hydrogen-bond acceptors (Lipinski definition) is 2. The van der Waals surface area contributed by atoms with E-state index in [1.165, 1.54) is 5.56 Å². The van der Waals surface area contributed by atoms with Crippen molar-refractivity contribution in [3.05, 3.63) is 34.3 Å². The lowest BCUT2D eigenvalue weighted by Gasteiger charge is -2.14. The highest BCUT2D eigenvalue weighted by Crippen LogP contribution is 2.19. The van der Waals surface area contributed by atoms with Gasteiger partial charge in [-0.25, -0.2) is 0 Å². The molecule has 0 aliphatic heterocycles. The summed E-state index contributed by atoms with van der Waals surface area (Å²) in [5.74, 6) is 0.0920. The molecule has 0 spiro atoms. The Morgan fingerprint density at radius 2 is 2.29 bits per heavy atom. The molecule has 0 aromatic heterocycles. The van der Waals surface area contributed by atoms with Gasteiger partial charge in [0.25, 0.3) is 0 Å². The van der Waals surface area contributed by atoms with E-state index in [2.05, 4.69) is 45.6 Å². The van der Waals surface area contributed by atoms with Crippen LogP contribution in [0, 0.1) is 0 Å². The fourth-order valence-corrected chi connectivity index (χ4v) is 2.06. The summed E-state index contributed by atoms with van der Waals surface area (Å²) in [5.41, 5.74) is 1.18. The minimum atomic E-state index is 0.0920. The van der Waals surface area contributed by atoms with Crippen LogP contribution in [-0.2, 0) is 4.79 Å². The molecule has 1 atom stereocenters. The van der Waals surface area contributed by atoms with Crippen LogP contribution in [0.1, 0.15) is 31.4 Å². The summed E-state index contributed by atoms with van der Waals surface area (Å²) in [6.07, 6.45) is 2.26. The molecule has 3 nitrogen and oxygen atoms in total. The van der Waals surface area contributed by atoms with Crippen LogP contribution in [0.4, 0.5) is 0 Å². The lowest BCUT2D eigenvalue weighted by atomic mass is 10.1. The third-order valence-corrected chi connectivity index (χ3v) is 3.35. The van der Waals surface area contributed by atoms with Gasteiger partial charge >= 0.3 is 0 Å². The monoisotopic (exact) mass is 296 g/mol. The Balaban J connectivity index is 1.79. The molecular weight excluding hydrogens is 280 g/mol. The van der Waals surface area contributed by atoms with Crippen molar-refractivity contribution in [1.82, 2.24) is 10.6 Å². The molecule has 0 bridgehead atoms. The second-order valence-electron chi connectivity index (χ2n) is 4.50. The Labute approximate surface area is 110 Å². The van der Waals surface area contributed by atoms with Gasteiger partial charge in [-0.05, 0) is 37.5 Å². The maximum atomic E-state index is 11.5. The van der Waals surface area contributed by atoms with Crippen LogP contribution >= 0.6 is 15.9 Å². The molecule has 4 heteroatoms. The number of nitrogens with one attached hydrogen (secondary N) is 2. The first-order valence-corrected chi connectivity index (χ1v) is 6.72. The number of carbonyl (C=O) groups excluding carboxylic acids is 1. The molecule has 0 saturated heterocycles. The Morgan fingerprint density at radius 1 is 1.53 bits per heavy atom. The van der Waals surface area contributed by atoms with Gasteiger partial charge in [0.1, 0.15) is 0 Å². The fraction of sp³-hybridized carbons (Fsp3) is 0.462. The predicted molar refractivity (Wildman–Crippen MR) is 71.7 cm³/mol. The third kappa shape index (κ3) is 4.13. The average molecular weight is 297 g/mol. The van der Waals surface area contributed by atoms with Gasteiger partial charge in [-0.15, -0.1) is 0 Å². The van der Waals surface area contributed by atoms with Crippen molar-refractivity contribution < 1.29 is 4.79 Å². The molecule has 0 radical (unpaired) electrons. The first kappa shape index (κ1) is 12.6. The summed E-state index contributed by atoms with van der Waals surface area (Å²) in [5, 5.41) is 6.19. The minimum Gasteiger partial charge on any atom is -0.352 e. The van der Waals surface area contributed by atoms with Crippen LogP contribution in [0.2, 0.25) is 0 Å². The smallest absolute Gasteiger partial charge is 0.234 e. The van der Waals surface area contributed by atoms with Crippen molar-refractivity contribution in [3.8, 4) is 0 Å². The van der Waals surface area contributed by atoms with E-state index in [1.54, 1.807) is 0 Å². The van der Waals surface area contributed by atoms with Crippen LogP contribution in [-0.4, -0.2) is 18.5 Å². The SMILES string of the molecule is C[C@@H](NCC(=O)NC1CC1)c1cccc(Br)c1. The van der Waals surface area contributed by atoms with E-state index in [4.69, 9.17) is 0 Å². The van der Waals surface area contributed by atoms with Crippen molar-refractivity contribution >= 4 is 21.8 Å². The van der Waals surface area contributed by atoms with Crippen LogP contribution in [0.15, 0.2) is 28.7 Å². The minimum absolute atomic E-state index is 0.0920. The highest BCUT2D eigenvalue weighted by atomic mass is 79.9. The number of halogens is 1. The Morgan fingerprint density at radius 3 is 2.94 bits per heavy atom. The third-order valence-electron chi connectivity index (χ3n) is 2.86. The van der Waals surface area contributed by atoms with Gasteiger partial charge in [0.05, 0.1) is 6.54 Å². The van der Waals surface area contributed by atoms with Crippen molar-refractivity contribution in [1.29, 1.82) is 0 Å². The molecule has 1 fully saturated rings. The number of rotatable bonds is 5. The van der Waals surface area contributed by atoms with Crippen molar-refractivity contribution in [2.75, 3.05) is 6.54 Å². The summed E-state index contributed by atoms with van der Waals surface area (Å²) >= 11 is 3.44. The van der Waals surface area contributed by atoms with Crippen LogP contribution in [0.25, 0.3) is 0 Å². The molecule has 1 aliphatic rings. The molecule has 1 aromatic carbocycles. The first-order chi connectivity index (χ1) is 8.15. The van der Waals surface area contributed by atoms with Crippen LogP contribution in [0.5, 0.6) is 0 Å². The molecular formula is C13H17BrN2O. The van der Waals surface area contributed by atoms with E-state index in [-0.39, 0.29) is 11.9 Å². The summed E-state index contributed by atoms with van der Waals surface area (Å²) in [6.45, 7) is 2.44.